The molecule has 34 heavy (non-hydrogen) atoms. The van der Waals surface area contributed by atoms with Gasteiger partial charge in [-0.1, -0.05) is 11.6 Å². The van der Waals surface area contributed by atoms with Crippen LogP contribution in [0.4, 0.5) is 24.5 Å². The Morgan fingerprint density at radius 2 is 1.71 bits per heavy atom. The number of nitrogens with zero attached hydrogens (tertiary/aromatic N) is 3. The monoisotopic (exact) mass is 498 g/mol. The number of halogens is 4. The van der Waals surface area contributed by atoms with Crippen molar-refractivity contribution in [3.05, 3.63) is 53.1 Å². The lowest BCUT2D eigenvalue weighted by molar-refractivity contribution is -0.137. The van der Waals surface area contributed by atoms with Crippen molar-refractivity contribution in [1.82, 2.24) is 9.80 Å². The lowest BCUT2D eigenvalue weighted by Gasteiger charge is -2.36. The van der Waals surface area contributed by atoms with Crippen molar-refractivity contribution in [2.45, 2.75) is 6.18 Å². The number of anilines is 2. The van der Waals surface area contributed by atoms with Crippen LogP contribution in [0.25, 0.3) is 0 Å². The van der Waals surface area contributed by atoms with E-state index in [0.29, 0.717) is 26.2 Å². The van der Waals surface area contributed by atoms with Crippen LogP contribution in [0.3, 0.4) is 0 Å². The first-order valence-electron chi connectivity index (χ1n) is 10.6. The van der Waals surface area contributed by atoms with E-state index < -0.39 is 22.7 Å². The highest BCUT2D eigenvalue weighted by Crippen LogP contribution is 2.36. The number of ether oxygens (including phenoxy) is 1. The number of alkyl halides is 3. The number of hydrogen-bond acceptors (Lipinski definition) is 5. The molecule has 2 aromatic carbocycles. The van der Waals surface area contributed by atoms with Gasteiger partial charge in [0.1, 0.15) is 5.75 Å². The van der Waals surface area contributed by atoms with Crippen molar-refractivity contribution >= 4 is 34.8 Å². The Hall–Kier alpha value is -2.98. The summed E-state index contributed by atoms with van der Waals surface area (Å²) in [5.74, 6) is 0.132. The van der Waals surface area contributed by atoms with Gasteiger partial charge in [-0.25, -0.2) is 0 Å². The van der Waals surface area contributed by atoms with Gasteiger partial charge < -0.3 is 19.9 Å². The van der Waals surface area contributed by atoms with Crippen LogP contribution >= 0.6 is 11.6 Å². The maximum atomic E-state index is 13.0. The molecule has 11 heteroatoms. The van der Waals surface area contributed by atoms with E-state index in [2.05, 4.69) is 10.2 Å². The second kappa shape index (κ2) is 11.0. The number of methoxy groups -OCH3 is 1. The summed E-state index contributed by atoms with van der Waals surface area (Å²) >= 11 is 5.60. The first-order valence-corrected chi connectivity index (χ1v) is 11.0. The molecule has 2 amide bonds. The smallest absolute Gasteiger partial charge is 0.417 e. The van der Waals surface area contributed by atoms with E-state index in [9.17, 15) is 22.8 Å². The van der Waals surface area contributed by atoms with Crippen LogP contribution in [0, 0.1) is 0 Å². The highest BCUT2D eigenvalue weighted by atomic mass is 35.5. The molecule has 7 nitrogen and oxygen atoms in total. The first kappa shape index (κ1) is 25.6. The number of rotatable bonds is 7. The van der Waals surface area contributed by atoms with Gasteiger partial charge in [0.15, 0.2) is 0 Å². The lowest BCUT2D eigenvalue weighted by Crippen LogP contribution is -2.51. The van der Waals surface area contributed by atoms with Crippen LogP contribution < -0.4 is 15.0 Å². The summed E-state index contributed by atoms with van der Waals surface area (Å²) in [6.07, 6.45) is -4.63. The normalized spacial score (nSPS) is 14.3. The minimum Gasteiger partial charge on any atom is -0.497 e. The van der Waals surface area contributed by atoms with Gasteiger partial charge in [-0.3, -0.25) is 14.5 Å². The van der Waals surface area contributed by atoms with Crippen molar-refractivity contribution in [2.24, 2.45) is 0 Å². The zero-order valence-corrected chi connectivity index (χ0v) is 19.6. The van der Waals surface area contributed by atoms with Gasteiger partial charge in [0.25, 0.3) is 0 Å². The van der Waals surface area contributed by atoms with Crippen molar-refractivity contribution in [3.63, 3.8) is 0 Å². The minimum absolute atomic E-state index is 0.0175. The Morgan fingerprint density at radius 3 is 2.29 bits per heavy atom. The highest BCUT2D eigenvalue weighted by Gasteiger charge is 2.33. The highest BCUT2D eigenvalue weighted by molar-refractivity contribution is 6.31. The van der Waals surface area contributed by atoms with E-state index in [1.54, 1.807) is 19.1 Å². The van der Waals surface area contributed by atoms with Crippen LogP contribution in [0.1, 0.15) is 5.56 Å². The van der Waals surface area contributed by atoms with Gasteiger partial charge in [-0.2, -0.15) is 13.2 Å². The number of carbonyl (C=O) groups excluding carboxylic acids is 2. The van der Waals surface area contributed by atoms with Gasteiger partial charge in [0.2, 0.25) is 11.8 Å². The summed E-state index contributed by atoms with van der Waals surface area (Å²) in [6.45, 7) is 2.33. The molecule has 1 aliphatic heterocycles. The van der Waals surface area contributed by atoms with E-state index in [4.69, 9.17) is 16.3 Å². The van der Waals surface area contributed by atoms with Gasteiger partial charge >= 0.3 is 6.18 Å². The Kier molecular flexibility index (Phi) is 8.27. The summed E-state index contributed by atoms with van der Waals surface area (Å²) < 4.78 is 44.1. The summed E-state index contributed by atoms with van der Waals surface area (Å²) in [4.78, 5) is 30.4. The molecule has 0 spiro atoms. The topological polar surface area (TPSA) is 65.1 Å². The number of nitrogens with one attached hydrogen (secondary N) is 1. The Balaban J connectivity index is 1.46. The summed E-state index contributed by atoms with van der Waals surface area (Å²) in [5, 5.41) is 1.97. The largest absolute Gasteiger partial charge is 0.497 e. The predicted molar refractivity (Wildman–Crippen MR) is 124 cm³/mol. The van der Waals surface area contributed by atoms with Crippen LogP contribution in [0.15, 0.2) is 42.5 Å². The molecule has 3 rings (SSSR count). The number of carbonyl (C=O) groups is 2. The number of hydrogen-bond donors (Lipinski definition) is 1. The zero-order chi connectivity index (χ0) is 24.9. The molecule has 0 unspecified atom stereocenters. The molecule has 1 saturated heterocycles. The second-order valence-corrected chi connectivity index (χ2v) is 8.39. The molecule has 0 saturated carbocycles. The van der Waals surface area contributed by atoms with Crippen molar-refractivity contribution in [3.8, 4) is 5.75 Å². The molecule has 0 atom stereocenters. The SMILES string of the molecule is COc1ccc(N2CCN(C(=O)CN(C)CC(=O)Nc3ccc(Cl)c(C(F)(F)F)c3)CC2)cc1. The van der Waals surface area contributed by atoms with E-state index in [1.165, 1.54) is 11.0 Å². The lowest BCUT2D eigenvalue weighted by atomic mass is 10.2. The third kappa shape index (κ3) is 6.77. The van der Waals surface area contributed by atoms with Crippen LogP contribution in [0.5, 0.6) is 5.75 Å². The summed E-state index contributed by atoms with van der Waals surface area (Å²) in [5.41, 5.74) is 0.0120. The molecule has 0 aliphatic carbocycles. The maximum absolute atomic E-state index is 13.0. The van der Waals surface area contributed by atoms with Gasteiger partial charge in [-0.15, -0.1) is 0 Å². The Bertz CT molecular complexity index is 1010. The molecular weight excluding hydrogens is 473 g/mol. The van der Waals surface area contributed by atoms with E-state index in [-0.39, 0.29) is 24.7 Å². The minimum atomic E-state index is -4.63. The average molecular weight is 499 g/mol. The van der Waals surface area contributed by atoms with E-state index in [0.717, 1.165) is 23.6 Å². The van der Waals surface area contributed by atoms with Crippen molar-refractivity contribution in [1.29, 1.82) is 0 Å². The number of piperazine rings is 1. The first-order chi connectivity index (χ1) is 16.1. The van der Waals surface area contributed by atoms with Crippen LogP contribution in [0.2, 0.25) is 5.02 Å². The van der Waals surface area contributed by atoms with Gasteiger partial charge in [0.05, 0.1) is 30.8 Å². The van der Waals surface area contributed by atoms with Crippen molar-refractivity contribution < 1.29 is 27.5 Å². The quantitative estimate of drug-likeness (QED) is 0.632. The predicted octanol–water partition coefficient (Wildman–Crippen LogP) is 3.59. The second-order valence-electron chi connectivity index (χ2n) is 7.98. The average Bonchev–Trinajstić information content (AvgIpc) is 2.79. The molecule has 1 N–H and O–H groups in total. The summed E-state index contributed by atoms with van der Waals surface area (Å²) in [7, 11) is 3.22. The molecule has 0 aromatic heterocycles. The zero-order valence-electron chi connectivity index (χ0n) is 18.9. The van der Waals surface area contributed by atoms with E-state index >= 15 is 0 Å². The molecule has 1 heterocycles. The molecule has 0 radical (unpaired) electrons. The maximum Gasteiger partial charge on any atom is 0.417 e. The number of benzene rings is 2. The fourth-order valence-electron chi connectivity index (χ4n) is 3.66. The van der Waals surface area contributed by atoms with Crippen LogP contribution in [-0.2, 0) is 15.8 Å². The summed E-state index contributed by atoms with van der Waals surface area (Å²) in [6, 6.07) is 10.9. The van der Waals surface area contributed by atoms with Gasteiger partial charge in [-0.05, 0) is 49.5 Å². The third-order valence-corrected chi connectivity index (χ3v) is 5.77. The molecule has 1 aliphatic rings. The number of likely N-dealkylation sites (N-methyl/N-ethyl adjacent to an activating group) is 1. The van der Waals surface area contributed by atoms with E-state index in [1.807, 2.05) is 24.3 Å². The molecule has 0 bridgehead atoms. The molecule has 184 valence electrons. The number of amides is 2. The fourth-order valence-corrected chi connectivity index (χ4v) is 3.88. The molecule has 2 aromatic rings. The third-order valence-electron chi connectivity index (χ3n) is 5.44. The van der Waals surface area contributed by atoms with Gasteiger partial charge in [0, 0.05) is 37.6 Å². The fraction of sp³-hybridized carbons (Fsp3) is 0.391. The Morgan fingerprint density at radius 1 is 1.06 bits per heavy atom. The molecule has 1 fully saturated rings. The standard InChI is InChI=1S/C23H26ClF3N4O3/c1-29(14-21(32)28-16-3-8-20(24)19(13-16)23(25,26)27)15-22(33)31-11-9-30(10-12-31)17-4-6-18(34-2)7-5-17/h3-8,13H,9-12,14-15H2,1-2H3,(H,28,32). The molecular formula is C23H26ClF3N4O3. The Labute approximate surface area is 201 Å². The van der Waals surface area contributed by atoms with Crippen molar-refractivity contribution in [2.75, 3.05) is 63.6 Å². The van der Waals surface area contributed by atoms with Crippen LogP contribution in [-0.4, -0.2) is 75.0 Å².